The Hall–Kier alpha value is -1.56. The lowest BCUT2D eigenvalue weighted by Gasteiger charge is -2.21. The SMILES string of the molecule is O=C1/C(=C/c2ccccc2SC2CCCCC2)SC(=S)N1Cc1ccccc1. The Labute approximate surface area is 180 Å². The van der Waals surface area contributed by atoms with Crippen LogP contribution in [0.25, 0.3) is 6.08 Å². The third kappa shape index (κ3) is 4.70. The van der Waals surface area contributed by atoms with E-state index in [1.54, 1.807) is 4.90 Å². The highest BCUT2D eigenvalue weighted by Crippen LogP contribution is 2.38. The Morgan fingerprint density at radius 2 is 1.75 bits per heavy atom. The van der Waals surface area contributed by atoms with Crippen LogP contribution in [0.1, 0.15) is 43.2 Å². The maximum atomic E-state index is 13.0. The molecule has 0 radical (unpaired) electrons. The van der Waals surface area contributed by atoms with E-state index in [1.807, 2.05) is 54.2 Å². The zero-order valence-electron chi connectivity index (χ0n) is 15.7. The van der Waals surface area contributed by atoms with Gasteiger partial charge in [-0.3, -0.25) is 9.69 Å². The first-order valence-corrected chi connectivity index (χ1v) is 11.9. The highest BCUT2D eigenvalue weighted by molar-refractivity contribution is 8.26. The number of carbonyl (C=O) groups is 1. The van der Waals surface area contributed by atoms with Crippen LogP contribution in [0.4, 0.5) is 0 Å². The van der Waals surface area contributed by atoms with Gasteiger partial charge in [0.15, 0.2) is 0 Å². The molecule has 2 fully saturated rings. The molecule has 1 heterocycles. The number of nitrogens with zero attached hydrogens (tertiary/aromatic N) is 1. The van der Waals surface area contributed by atoms with Crippen LogP contribution in [-0.4, -0.2) is 20.4 Å². The first kappa shape index (κ1) is 19.7. The minimum atomic E-state index is 0.0105. The van der Waals surface area contributed by atoms with E-state index in [4.69, 9.17) is 12.2 Å². The molecule has 1 saturated heterocycles. The van der Waals surface area contributed by atoms with E-state index in [0.29, 0.717) is 16.1 Å². The molecule has 1 aliphatic carbocycles. The predicted molar refractivity (Wildman–Crippen MR) is 124 cm³/mol. The summed E-state index contributed by atoms with van der Waals surface area (Å²) in [6, 6.07) is 18.4. The first-order chi connectivity index (χ1) is 13.7. The number of carbonyl (C=O) groups excluding carboxylic acids is 1. The Morgan fingerprint density at radius 1 is 1.04 bits per heavy atom. The van der Waals surface area contributed by atoms with E-state index in [-0.39, 0.29) is 5.91 Å². The van der Waals surface area contributed by atoms with Gasteiger partial charge in [0.05, 0.1) is 11.4 Å². The third-order valence-corrected chi connectivity index (χ3v) is 7.92. The number of thiocarbonyl (C=S) groups is 1. The highest BCUT2D eigenvalue weighted by Gasteiger charge is 2.32. The van der Waals surface area contributed by atoms with Crippen molar-refractivity contribution in [3.05, 3.63) is 70.6 Å². The number of hydrogen-bond donors (Lipinski definition) is 0. The zero-order chi connectivity index (χ0) is 19.3. The van der Waals surface area contributed by atoms with E-state index >= 15 is 0 Å². The van der Waals surface area contributed by atoms with Crippen LogP contribution in [0.15, 0.2) is 64.4 Å². The summed E-state index contributed by atoms with van der Waals surface area (Å²) in [7, 11) is 0. The minimum absolute atomic E-state index is 0.0105. The fourth-order valence-electron chi connectivity index (χ4n) is 3.61. The normalized spacial score (nSPS) is 19.6. The molecule has 2 nitrogen and oxygen atoms in total. The molecule has 2 aromatic carbocycles. The summed E-state index contributed by atoms with van der Waals surface area (Å²) in [5.74, 6) is 0.0105. The molecule has 2 aliphatic rings. The molecule has 0 unspecified atom stereocenters. The average Bonchev–Trinajstić information content (AvgIpc) is 2.98. The number of thioether (sulfide) groups is 2. The second kappa shape index (κ2) is 9.29. The van der Waals surface area contributed by atoms with Gasteiger partial charge in [-0.2, -0.15) is 0 Å². The number of benzene rings is 2. The van der Waals surface area contributed by atoms with Gasteiger partial charge in [-0.25, -0.2) is 0 Å². The minimum Gasteiger partial charge on any atom is -0.288 e. The molecule has 0 atom stereocenters. The summed E-state index contributed by atoms with van der Waals surface area (Å²) in [5, 5.41) is 0.691. The number of rotatable bonds is 5. The van der Waals surface area contributed by atoms with Crippen LogP contribution >= 0.6 is 35.7 Å². The molecule has 0 bridgehead atoms. The van der Waals surface area contributed by atoms with E-state index in [9.17, 15) is 4.79 Å². The van der Waals surface area contributed by atoms with Crippen molar-refractivity contribution in [1.29, 1.82) is 0 Å². The van der Waals surface area contributed by atoms with Crippen molar-refractivity contribution in [3.63, 3.8) is 0 Å². The van der Waals surface area contributed by atoms with Crippen molar-refractivity contribution >= 4 is 52.0 Å². The summed E-state index contributed by atoms with van der Waals surface area (Å²) in [5.41, 5.74) is 2.21. The maximum Gasteiger partial charge on any atom is 0.266 e. The molecule has 0 spiro atoms. The van der Waals surface area contributed by atoms with Crippen molar-refractivity contribution in [3.8, 4) is 0 Å². The van der Waals surface area contributed by atoms with Gasteiger partial charge in [0.25, 0.3) is 5.91 Å². The van der Waals surface area contributed by atoms with Crippen molar-refractivity contribution in [2.75, 3.05) is 0 Å². The summed E-state index contributed by atoms with van der Waals surface area (Å²) in [4.78, 5) is 16.7. The Bertz CT molecular complexity index is 888. The van der Waals surface area contributed by atoms with Crippen LogP contribution < -0.4 is 0 Å². The van der Waals surface area contributed by atoms with Gasteiger partial charge in [-0.1, -0.05) is 91.8 Å². The summed E-state index contributed by atoms with van der Waals surface area (Å²) >= 11 is 8.87. The summed E-state index contributed by atoms with van der Waals surface area (Å²) < 4.78 is 0.637. The first-order valence-electron chi connectivity index (χ1n) is 9.76. The van der Waals surface area contributed by atoms with Gasteiger partial charge in [0, 0.05) is 10.1 Å². The molecule has 28 heavy (non-hydrogen) atoms. The molecule has 2 aromatic rings. The van der Waals surface area contributed by atoms with Crippen molar-refractivity contribution in [2.24, 2.45) is 0 Å². The molecule has 0 N–H and O–H groups in total. The molecule has 1 aliphatic heterocycles. The lowest BCUT2D eigenvalue weighted by Crippen LogP contribution is -2.27. The zero-order valence-corrected chi connectivity index (χ0v) is 18.1. The van der Waals surface area contributed by atoms with Gasteiger partial charge in [0.1, 0.15) is 4.32 Å². The van der Waals surface area contributed by atoms with Gasteiger partial charge < -0.3 is 0 Å². The molecular weight excluding hydrogens is 402 g/mol. The lowest BCUT2D eigenvalue weighted by atomic mass is 10.0. The largest absolute Gasteiger partial charge is 0.288 e. The second-order valence-corrected chi connectivity index (χ2v) is 10.2. The second-order valence-electron chi connectivity index (χ2n) is 7.17. The summed E-state index contributed by atoms with van der Waals surface area (Å²) in [6.07, 6.45) is 8.63. The molecular formula is C23H23NOS3. The fourth-order valence-corrected chi connectivity index (χ4v) is 6.21. The monoisotopic (exact) mass is 425 g/mol. The van der Waals surface area contributed by atoms with Crippen molar-refractivity contribution < 1.29 is 4.79 Å². The standard InChI is InChI=1S/C23H23NOS3/c25-22-21(28-23(26)24(22)16-17-9-3-1-4-10-17)15-18-11-7-8-14-20(18)27-19-12-5-2-6-13-19/h1,3-4,7-11,14-15,19H,2,5-6,12-13,16H2/b21-15-. The van der Waals surface area contributed by atoms with Crippen molar-refractivity contribution in [1.82, 2.24) is 4.90 Å². The number of hydrogen-bond acceptors (Lipinski definition) is 4. The van der Waals surface area contributed by atoms with Gasteiger partial charge in [0.2, 0.25) is 0 Å². The van der Waals surface area contributed by atoms with E-state index in [0.717, 1.165) is 16.0 Å². The molecule has 1 saturated carbocycles. The van der Waals surface area contributed by atoms with Gasteiger partial charge in [-0.15, -0.1) is 11.8 Å². The summed E-state index contributed by atoms with van der Waals surface area (Å²) in [6.45, 7) is 0.529. The third-order valence-electron chi connectivity index (χ3n) is 5.11. The topological polar surface area (TPSA) is 20.3 Å². The van der Waals surface area contributed by atoms with E-state index in [1.165, 1.54) is 48.8 Å². The quantitative estimate of drug-likeness (QED) is 0.402. The molecule has 4 rings (SSSR count). The Kier molecular flexibility index (Phi) is 6.55. The van der Waals surface area contributed by atoms with Crippen LogP contribution in [0, 0.1) is 0 Å². The van der Waals surface area contributed by atoms with Crippen molar-refractivity contribution in [2.45, 2.75) is 48.8 Å². The van der Waals surface area contributed by atoms with Crippen LogP contribution in [0.2, 0.25) is 0 Å². The Morgan fingerprint density at radius 3 is 2.54 bits per heavy atom. The van der Waals surface area contributed by atoms with Crippen LogP contribution in [0.5, 0.6) is 0 Å². The smallest absolute Gasteiger partial charge is 0.266 e. The van der Waals surface area contributed by atoms with Gasteiger partial charge >= 0.3 is 0 Å². The maximum absolute atomic E-state index is 13.0. The number of amides is 1. The Balaban J connectivity index is 1.52. The predicted octanol–water partition coefficient (Wildman–Crippen LogP) is 6.51. The van der Waals surface area contributed by atoms with E-state index in [2.05, 4.69) is 18.2 Å². The molecule has 0 aromatic heterocycles. The molecule has 144 valence electrons. The average molecular weight is 426 g/mol. The van der Waals surface area contributed by atoms with E-state index < -0.39 is 0 Å². The molecule has 5 heteroatoms. The lowest BCUT2D eigenvalue weighted by molar-refractivity contribution is -0.122. The highest BCUT2D eigenvalue weighted by atomic mass is 32.2. The fraction of sp³-hybridized carbons (Fsp3) is 0.304. The molecule has 1 amide bonds. The van der Waals surface area contributed by atoms with Gasteiger partial charge in [-0.05, 0) is 36.1 Å². The van der Waals surface area contributed by atoms with Crippen LogP contribution in [-0.2, 0) is 11.3 Å². The van der Waals surface area contributed by atoms with Crippen LogP contribution in [0.3, 0.4) is 0 Å².